The predicted octanol–water partition coefficient (Wildman–Crippen LogP) is 4.79. The molecular weight excluding hydrogens is 478 g/mol. The van der Waals surface area contributed by atoms with Crippen molar-refractivity contribution in [1.29, 1.82) is 0 Å². The zero-order valence-electron chi connectivity index (χ0n) is 22.0. The first-order valence-corrected chi connectivity index (χ1v) is 12.8. The lowest BCUT2D eigenvalue weighted by Gasteiger charge is -2.38. The summed E-state index contributed by atoms with van der Waals surface area (Å²) in [5.74, 6) is 1.21. The Kier molecular flexibility index (Phi) is 6.07. The highest BCUT2D eigenvalue weighted by Gasteiger charge is 2.30. The van der Waals surface area contributed by atoms with Crippen molar-refractivity contribution in [3.05, 3.63) is 72.6 Å². The van der Waals surface area contributed by atoms with Crippen LogP contribution in [0.4, 0.5) is 0 Å². The minimum absolute atomic E-state index is 0.158. The molecule has 2 aromatic carbocycles. The van der Waals surface area contributed by atoms with Crippen LogP contribution in [-0.4, -0.2) is 59.7 Å². The van der Waals surface area contributed by atoms with E-state index in [-0.39, 0.29) is 5.75 Å². The van der Waals surface area contributed by atoms with Gasteiger partial charge in [0.25, 0.3) is 0 Å². The fourth-order valence-electron chi connectivity index (χ4n) is 5.04. The van der Waals surface area contributed by atoms with Gasteiger partial charge in [0.15, 0.2) is 0 Å². The summed E-state index contributed by atoms with van der Waals surface area (Å²) < 4.78 is 9.45. The third-order valence-corrected chi connectivity index (χ3v) is 7.21. The molecule has 0 radical (unpaired) electrons. The Bertz CT molecular complexity index is 1600. The van der Waals surface area contributed by atoms with E-state index in [4.69, 9.17) is 4.74 Å². The molecule has 5 aromatic rings. The van der Waals surface area contributed by atoms with Crippen LogP contribution in [0, 0.1) is 0 Å². The number of likely N-dealkylation sites (tertiary alicyclic amines) is 1. The molecule has 9 heteroatoms. The number of rotatable bonds is 7. The van der Waals surface area contributed by atoms with Crippen molar-refractivity contribution in [3.63, 3.8) is 0 Å². The van der Waals surface area contributed by atoms with Crippen molar-refractivity contribution >= 4 is 10.9 Å². The molecule has 4 heterocycles. The molecule has 0 unspecified atom stereocenters. The van der Waals surface area contributed by atoms with Crippen molar-refractivity contribution in [3.8, 4) is 33.9 Å². The fraction of sp³-hybridized carbons (Fsp3) is 0.310. The highest BCUT2D eigenvalue weighted by atomic mass is 16.5. The minimum atomic E-state index is 0.158. The highest BCUT2D eigenvalue weighted by molar-refractivity contribution is 5.90. The summed E-state index contributed by atoms with van der Waals surface area (Å²) in [6.45, 7) is 7.03. The molecule has 38 heavy (non-hydrogen) atoms. The van der Waals surface area contributed by atoms with Crippen LogP contribution < -0.4 is 4.74 Å². The maximum absolute atomic E-state index is 10.9. The van der Waals surface area contributed by atoms with Crippen LogP contribution in [0.15, 0.2) is 61.2 Å². The van der Waals surface area contributed by atoms with Crippen LogP contribution in [0.1, 0.15) is 37.2 Å². The molecule has 194 valence electrons. The van der Waals surface area contributed by atoms with Gasteiger partial charge >= 0.3 is 0 Å². The zero-order chi connectivity index (χ0) is 26.4. The molecule has 0 amide bonds. The number of benzene rings is 2. The third-order valence-electron chi connectivity index (χ3n) is 7.21. The minimum Gasteiger partial charge on any atom is -0.507 e. The molecule has 1 N–H and O–H groups in total. The van der Waals surface area contributed by atoms with Crippen LogP contribution in [-0.2, 0) is 13.6 Å². The molecular formula is C29H31N7O2. The van der Waals surface area contributed by atoms with Gasteiger partial charge in [0.1, 0.15) is 17.0 Å². The van der Waals surface area contributed by atoms with Crippen molar-refractivity contribution in [2.75, 3.05) is 20.2 Å². The molecule has 0 saturated carbocycles. The maximum Gasteiger partial charge on any atom is 0.147 e. The van der Waals surface area contributed by atoms with Crippen LogP contribution in [0.5, 0.6) is 11.5 Å². The number of imidazole rings is 1. The average Bonchev–Trinajstić information content (AvgIpc) is 3.51. The van der Waals surface area contributed by atoms with E-state index in [0.717, 1.165) is 53.1 Å². The number of aromatic hydroxyl groups is 1. The molecule has 0 atom stereocenters. The van der Waals surface area contributed by atoms with E-state index in [2.05, 4.69) is 49.8 Å². The van der Waals surface area contributed by atoms with Gasteiger partial charge in [0, 0.05) is 62.0 Å². The molecule has 1 aliphatic rings. The summed E-state index contributed by atoms with van der Waals surface area (Å²) in [5.41, 5.74) is 6.00. The SMILES string of the molecule is COc1cc(-c2ccc(-c3ccc(C4CN(Cc5cn(C(C)C)cn5)C4)nn3)c(O)c2)cc2cn(C)nc12. The van der Waals surface area contributed by atoms with Gasteiger partial charge in [-0.05, 0) is 61.4 Å². The second kappa shape index (κ2) is 9.57. The molecule has 1 aliphatic heterocycles. The number of fused-ring (bicyclic) bond motifs is 1. The first-order chi connectivity index (χ1) is 18.4. The Labute approximate surface area is 221 Å². The standard InChI is InChI=1S/C29H31N7O2/c1-18(2)36-16-23(30-17-36)15-35-13-22(14-35)25-7-8-26(32-31-25)24-6-5-19(10-27(24)37)20-9-21-12-34(3)33-29(21)28(11-20)38-4/h5-12,16-18,22,37H,13-15H2,1-4H3. The molecule has 1 fully saturated rings. The molecule has 0 spiro atoms. The smallest absolute Gasteiger partial charge is 0.147 e. The normalized spacial score (nSPS) is 14.3. The number of aryl methyl sites for hydroxylation is 1. The second-order valence-electron chi connectivity index (χ2n) is 10.3. The zero-order valence-corrected chi connectivity index (χ0v) is 22.0. The van der Waals surface area contributed by atoms with Crippen LogP contribution in [0.25, 0.3) is 33.3 Å². The first-order valence-electron chi connectivity index (χ1n) is 12.8. The van der Waals surface area contributed by atoms with E-state index in [1.54, 1.807) is 17.9 Å². The van der Waals surface area contributed by atoms with E-state index in [9.17, 15) is 5.11 Å². The van der Waals surface area contributed by atoms with E-state index in [1.807, 2.05) is 56.0 Å². The molecule has 9 nitrogen and oxygen atoms in total. The van der Waals surface area contributed by atoms with Crippen LogP contribution >= 0.6 is 0 Å². The lowest BCUT2D eigenvalue weighted by molar-refractivity contribution is 0.135. The Hall–Kier alpha value is -4.24. The predicted molar refractivity (Wildman–Crippen MR) is 146 cm³/mol. The number of nitrogens with zero attached hydrogens (tertiary/aromatic N) is 7. The van der Waals surface area contributed by atoms with Gasteiger partial charge in [-0.15, -0.1) is 0 Å². The number of aromatic nitrogens is 6. The molecule has 3 aromatic heterocycles. The Morgan fingerprint density at radius 3 is 2.55 bits per heavy atom. The van der Waals surface area contributed by atoms with Gasteiger partial charge in [-0.2, -0.15) is 15.3 Å². The Balaban J connectivity index is 1.14. The summed E-state index contributed by atoms with van der Waals surface area (Å²) >= 11 is 0. The van der Waals surface area contributed by atoms with Gasteiger partial charge in [-0.1, -0.05) is 6.07 Å². The van der Waals surface area contributed by atoms with Crippen molar-refractivity contribution < 1.29 is 9.84 Å². The van der Waals surface area contributed by atoms with Crippen molar-refractivity contribution in [2.45, 2.75) is 32.4 Å². The van der Waals surface area contributed by atoms with E-state index < -0.39 is 0 Å². The number of hydrogen-bond acceptors (Lipinski definition) is 7. The summed E-state index contributed by atoms with van der Waals surface area (Å²) in [6.07, 6.45) is 5.98. The number of phenolic OH excluding ortho intramolecular Hbond substituents is 1. The lowest BCUT2D eigenvalue weighted by atomic mass is 9.95. The largest absolute Gasteiger partial charge is 0.507 e. The highest BCUT2D eigenvalue weighted by Crippen LogP contribution is 2.36. The van der Waals surface area contributed by atoms with E-state index >= 15 is 0 Å². The number of methoxy groups -OCH3 is 1. The van der Waals surface area contributed by atoms with Gasteiger partial charge in [0.05, 0.1) is 30.5 Å². The Morgan fingerprint density at radius 1 is 1.03 bits per heavy atom. The lowest BCUT2D eigenvalue weighted by Crippen LogP contribution is -2.44. The van der Waals surface area contributed by atoms with Gasteiger partial charge in [0.2, 0.25) is 0 Å². The maximum atomic E-state index is 10.9. The molecule has 0 aliphatic carbocycles. The van der Waals surface area contributed by atoms with Gasteiger partial charge < -0.3 is 14.4 Å². The fourth-order valence-corrected chi connectivity index (χ4v) is 5.04. The van der Waals surface area contributed by atoms with Gasteiger partial charge in [-0.3, -0.25) is 9.58 Å². The summed E-state index contributed by atoms with van der Waals surface area (Å²) in [6, 6.07) is 14.0. The third kappa shape index (κ3) is 4.50. The molecule has 6 rings (SSSR count). The number of hydrogen-bond donors (Lipinski definition) is 1. The van der Waals surface area contributed by atoms with Crippen molar-refractivity contribution in [2.24, 2.45) is 7.05 Å². The van der Waals surface area contributed by atoms with Gasteiger partial charge in [-0.25, -0.2) is 4.98 Å². The first kappa shape index (κ1) is 24.1. The van der Waals surface area contributed by atoms with Crippen molar-refractivity contribution in [1.82, 2.24) is 34.4 Å². The number of ether oxygens (including phenoxy) is 1. The average molecular weight is 510 g/mol. The van der Waals surface area contributed by atoms with E-state index in [0.29, 0.717) is 29.0 Å². The summed E-state index contributed by atoms with van der Waals surface area (Å²) in [5, 5.41) is 25.3. The quantitative estimate of drug-likeness (QED) is 0.337. The Morgan fingerprint density at radius 2 is 1.87 bits per heavy atom. The van der Waals surface area contributed by atoms with E-state index in [1.165, 1.54) is 0 Å². The second-order valence-corrected chi connectivity index (χ2v) is 10.3. The van der Waals surface area contributed by atoms with Crippen LogP contribution in [0.2, 0.25) is 0 Å². The van der Waals surface area contributed by atoms with Crippen LogP contribution in [0.3, 0.4) is 0 Å². The molecule has 0 bridgehead atoms. The monoisotopic (exact) mass is 509 g/mol. The number of phenols is 1. The molecule has 1 saturated heterocycles. The summed E-state index contributed by atoms with van der Waals surface area (Å²) in [7, 11) is 3.52. The summed E-state index contributed by atoms with van der Waals surface area (Å²) in [4.78, 5) is 6.89. The topological polar surface area (TPSA) is 94.1 Å².